The Morgan fingerprint density at radius 2 is 2.43 bits per heavy atom. The van der Waals surface area contributed by atoms with Gasteiger partial charge in [0.05, 0.1) is 0 Å². The van der Waals surface area contributed by atoms with Crippen LogP contribution in [0.4, 0.5) is 0 Å². The first-order chi connectivity index (χ1) is 6.72. The first-order valence-electron chi connectivity index (χ1n) is 5.14. The molecule has 0 spiro atoms. The van der Waals surface area contributed by atoms with E-state index >= 15 is 0 Å². The van der Waals surface area contributed by atoms with Crippen LogP contribution in [0.25, 0.3) is 0 Å². The molecule has 1 aliphatic rings. The van der Waals surface area contributed by atoms with Gasteiger partial charge in [0, 0.05) is 23.7 Å². The van der Waals surface area contributed by atoms with E-state index in [1.165, 1.54) is 28.3 Å². The van der Waals surface area contributed by atoms with Gasteiger partial charge in [-0.05, 0) is 25.2 Å². The third kappa shape index (κ3) is 1.64. The van der Waals surface area contributed by atoms with E-state index in [9.17, 15) is 4.79 Å². The topological polar surface area (TPSA) is 48.0 Å². The summed E-state index contributed by atoms with van der Waals surface area (Å²) in [6, 6.07) is 0. The minimum Gasteiger partial charge on any atom is -0.329 e. The average molecular weight is 212 g/mol. The highest BCUT2D eigenvalue weighted by Crippen LogP contribution is 2.26. The Balaban J connectivity index is 2.38. The molecule has 78 valence electrons. The lowest BCUT2D eigenvalue weighted by atomic mass is 9.93. The summed E-state index contributed by atoms with van der Waals surface area (Å²) in [4.78, 5) is 13.1. The molecular weight excluding hydrogens is 196 g/mol. The minimum absolute atomic E-state index is 0.176. The Kier molecular flexibility index (Phi) is 2.74. The van der Waals surface area contributed by atoms with Crippen LogP contribution in [-0.2, 0) is 19.4 Å². The number of rotatable bonds is 2. The summed E-state index contributed by atoms with van der Waals surface area (Å²) in [5, 5.41) is 0. The maximum Gasteiger partial charge on any atom is 0.307 e. The molecule has 1 unspecified atom stereocenters. The van der Waals surface area contributed by atoms with Gasteiger partial charge in [0.15, 0.2) is 0 Å². The van der Waals surface area contributed by atoms with Gasteiger partial charge in [-0.2, -0.15) is 0 Å². The molecule has 0 saturated heterocycles. The number of fused-ring (bicyclic) bond motifs is 1. The van der Waals surface area contributed by atoms with Crippen LogP contribution < -0.4 is 10.6 Å². The van der Waals surface area contributed by atoms with Gasteiger partial charge in [-0.3, -0.25) is 4.79 Å². The van der Waals surface area contributed by atoms with Crippen molar-refractivity contribution in [2.24, 2.45) is 11.7 Å². The highest BCUT2D eigenvalue weighted by Gasteiger charge is 2.21. The number of nitrogens with zero attached hydrogens (tertiary/aromatic N) is 1. The normalized spacial score (nSPS) is 20.9. The highest BCUT2D eigenvalue weighted by atomic mass is 32.1. The van der Waals surface area contributed by atoms with Crippen molar-refractivity contribution in [1.29, 1.82) is 0 Å². The fourth-order valence-corrected chi connectivity index (χ4v) is 3.29. The predicted octanol–water partition coefficient (Wildman–Crippen LogP) is 0.993. The predicted molar refractivity (Wildman–Crippen MR) is 58.8 cm³/mol. The van der Waals surface area contributed by atoms with Gasteiger partial charge in [0.25, 0.3) is 0 Å². The van der Waals surface area contributed by atoms with Crippen LogP contribution >= 0.6 is 11.3 Å². The van der Waals surface area contributed by atoms with Gasteiger partial charge in [-0.15, -0.1) is 0 Å². The van der Waals surface area contributed by atoms with E-state index in [0.29, 0.717) is 13.1 Å². The van der Waals surface area contributed by atoms with E-state index in [0.717, 1.165) is 18.8 Å². The van der Waals surface area contributed by atoms with Gasteiger partial charge in [-0.25, -0.2) is 0 Å². The fraction of sp³-hybridized carbons (Fsp3) is 0.700. The number of hydrogen-bond acceptors (Lipinski definition) is 3. The Labute approximate surface area is 87.6 Å². The van der Waals surface area contributed by atoms with Crippen molar-refractivity contribution in [1.82, 2.24) is 4.57 Å². The molecule has 1 heterocycles. The summed E-state index contributed by atoms with van der Waals surface area (Å²) in [5.41, 5.74) is 6.75. The van der Waals surface area contributed by atoms with E-state index in [2.05, 4.69) is 6.92 Å². The third-order valence-electron chi connectivity index (χ3n) is 2.84. The summed E-state index contributed by atoms with van der Waals surface area (Å²) in [6.45, 7) is 3.48. The molecule has 0 saturated carbocycles. The van der Waals surface area contributed by atoms with Crippen LogP contribution in [0.1, 0.15) is 23.9 Å². The molecule has 1 atom stereocenters. The molecule has 0 fully saturated rings. The zero-order valence-electron chi connectivity index (χ0n) is 8.45. The van der Waals surface area contributed by atoms with Crippen LogP contribution in [0.15, 0.2) is 4.79 Å². The van der Waals surface area contributed by atoms with Crippen molar-refractivity contribution in [3.63, 3.8) is 0 Å². The quantitative estimate of drug-likeness (QED) is 0.795. The van der Waals surface area contributed by atoms with E-state index in [-0.39, 0.29) is 4.87 Å². The molecule has 14 heavy (non-hydrogen) atoms. The van der Waals surface area contributed by atoms with Gasteiger partial charge in [-0.1, -0.05) is 18.3 Å². The second-order valence-corrected chi connectivity index (χ2v) is 5.07. The van der Waals surface area contributed by atoms with Crippen LogP contribution in [0, 0.1) is 5.92 Å². The van der Waals surface area contributed by atoms with E-state index in [1.54, 1.807) is 0 Å². The molecule has 3 nitrogen and oxygen atoms in total. The van der Waals surface area contributed by atoms with Crippen molar-refractivity contribution >= 4 is 11.3 Å². The van der Waals surface area contributed by atoms with E-state index in [4.69, 9.17) is 5.73 Å². The first-order valence-corrected chi connectivity index (χ1v) is 5.95. The van der Waals surface area contributed by atoms with E-state index < -0.39 is 0 Å². The summed E-state index contributed by atoms with van der Waals surface area (Å²) in [6.07, 6.45) is 3.33. The SMILES string of the molecule is CC1CCc2c(sc(=O)n2CCN)C1. The molecule has 2 N–H and O–H groups in total. The van der Waals surface area contributed by atoms with Crippen molar-refractivity contribution in [2.75, 3.05) is 6.54 Å². The largest absolute Gasteiger partial charge is 0.329 e. The molecule has 4 heteroatoms. The van der Waals surface area contributed by atoms with Gasteiger partial charge >= 0.3 is 4.87 Å². The Bertz CT molecular complexity index is 380. The molecule has 0 aliphatic heterocycles. The number of aromatic nitrogens is 1. The summed E-state index contributed by atoms with van der Waals surface area (Å²) < 4.78 is 1.87. The molecule has 2 rings (SSSR count). The van der Waals surface area contributed by atoms with Crippen LogP contribution in [0.3, 0.4) is 0 Å². The highest BCUT2D eigenvalue weighted by molar-refractivity contribution is 7.09. The van der Waals surface area contributed by atoms with Crippen LogP contribution in [-0.4, -0.2) is 11.1 Å². The van der Waals surface area contributed by atoms with Gasteiger partial charge in [0.1, 0.15) is 0 Å². The maximum absolute atomic E-state index is 11.6. The van der Waals surface area contributed by atoms with Crippen molar-refractivity contribution < 1.29 is 0 Å². The lowest BCUT2D eigenvalue weighted by Crippen LogP contribution is -2.23. The Morgan fingerprint density at radius 1 is 1.64 bits per heavy atom. The number of nitrogens with two attached hydrogens (primary N) is 1. The molecule has 1 aliphatic carbocycles. The Hall–Kier alpha value is -0.610. The Morgan fingerprint density at radius 3 is 3.14 bits per heavy atom. The molecule has 0 bridgehead atoms. The van der Waals surface area contributed by atoms with Crippen molar-refractivity contribution in [3.8, 4) is 0 Å². The lowest BCUT2D eigenvalue weighted by molar-refractivity contribution is 0.483. The van der Waals surface area contributed by atoms with Crippen molar-refractivity contribution in [3.05, 3.63) is 20.2 Å². The van der Waals surface area contributed by atoms with Gasteiger partial charge < -0.3 is 10.3 Å². The molecule has 1 aromatic rings. The fourth-order valence-electron chi connectivity index (χ4n) is 2.07. The van der Waals surface area contributed by atoms with E-state index in [1.807, 2.05) is 4.57 Å². The molecule has 0 aromatic carbocycles. The number of thiazole rings is 1. The van der Waals surface area contributed by atoms with Crippen molar-refractivity contribution in [2.45, 2.75) is 32.7 Å². The second-order valence-electron chi connectivity index (χ2n) is 4.03. The monoisotopic (exact) mass is 212 g/mol. The molecule has 1 aromatic heterocycles. The van der Waals surface area contributed by atoms with Crippen LogP contribution in [0.2, 0.25) is 0 Å². The minimum atomic E-state index is 0.176. The second kappa shape index (κ2) is 3.87. The number of hydrogen-bond donors (Lipinski definition) is 1. The van der Waals surface area contributed by atoms with Gasteiger partial charge in [0.2, 0.25) is 0 Å². The maximum atomic E-state index is 11.6. The summed E-state index contributed by atoms with van der Waals surface area (Å²) >= 11 is 1.41. The summed E-state index contributed by atoms with van der Waals surface area (Å²) in [5.74, 6) is 0.729. The molecule has 0 radical (unpaired) electrons. The zero-order valence-corrected chi connectivity index (χ0v) is 9.27. The smallest absolute Gasteiger partial charge is 0.307 e. The summed E-state index contributed by atoms with van der Waals surface area (Å²) in [7, 11) is 0. The lowest BCUT2D eigenvalue weighted by Gasteiger charge is -2.18. The first kappa shape index (κ1) is 9.93. The molecular formula is C10H16N2OS. The third-order valence-corrected chi connectivity index (χ3v) is 3.88. The zero-order chi connectivity index (χ0) is 10.1. The molecule has 0 amide bonds. The average Bonchev–Trinajstić information content (AvgIpc) is 2.43. The van der Waals surface area contributed by atoms with Crippen LogP contribution in [0.5, 0.6) is 0 Å². The standard InChI is InChI=1S/C10H16N2OS/c1-7-2-3-8-9(6-7)14-10(13)12(8)5-4-11/h7H,2-6,11H2,1H3.